The smallest absolute Gasteiger partial charge is 0.327 e. The summed E-state index contributed by atoms with van der Waals surface area (Å²) in [5.41, 5.74) is 5.90. The van der Waals surface area contributed by atoms with Gasteiger partial charge in [-0.05, 0) is 73.4 Å². The molecule has 2 aromatic carbocycles. The Bertz CT molecular complexity index is 1060. The van der Waals surface area contributed by atoms with Crippen LogP contribution in [0.25, 0.3) is 0 Å². The van der Waals surface area contributed by atoms with Gasteiger partial charge in [0.05, 0.1) is 12.8 Å². The summed E-state index contributed by atoms with van der Waals surface area (Å²) in [6.45, 7) is 4.26. The van der Waals surface area contributed by atoms with Gasteiger partial charge in [-0.1, -0.05) is 23.7 Å². The topological polar surface area (TPSA) is 86.7 Å². The third-order valence-electron chi connectivity index (χ3n) is 5.09. The Morgan fingerprint density at radius 1 is 1.13 bits per heavy atom. The van der Waals surface area contributed by atoms with Crippen LogP contribution >= 0.6 is 11.6 Å². The number of halogens is 1. The summed E-state index contributed by atoms with van der Waals surface area (Å²) in [5.74, 6) is 1.01. The summed E-state index contributed by atoms with van der Waals surface area (Å²) in [6.07, 6.45) is 2.21. The molecule has 0 atom stereocenters. The number of rotatable bonds is 7. The molecule has 8 heteroatoms. The predicted octanol–water partition coefficient (Wildman–Crippen LogP) is 5.25. The van der Waals surface area contributed by atoms with Crippen molar-refractivity contribution in [2.75, 3.05) is 24.0 Å². The van der Waals surface area contributed by atoms with E-state index in [-0.39, 0.29) is 11.8 Å². The van der Waals surface area contributed by atoms with Crippen LogP contribution in [0, 0.1) is 13.8 Å². The number of ether oxygens (including phenoxy) is 1. The van der Waals surface area contributed by atoms with Crippen molar-refractivity contribution in [1.29, 1.82) is 0 Å². The van der Waals surface area contributed by atoms with Crippen molar-refractivity contribution in [2.24, 2.45) is 0 Å². The van der Waals surface area contributed by atoms with Crippen molar-refractivity contribution in [3.8, 4) is 5.75 Å². The largest absolute Gasteiger partial charge is 0.496 e. The Labute approximate surface area is 186 Å². The molecular formula is C23H25ClN4O3. The SMILES string of the molecule is COc1ccc(N(C(=O)NCCc2ccc(Cl)cc2)c2ncccc2NO)c(C)c1C. The lowest BCUT2D eigenvalue weighted by Gasteiger charge is -2.26. The van der Waals surface area contributed by atoms with Crippen LogP contribution in [-0.4, -0.2) is 29.9 Å². The van der Waals surface area contributed by atoms with Crippen LogP contribution in [0.5, 0.6) is 5.75 Å². The number of nitrogens with one attached hydrogen (secondary N) is 2. The zero-order chi connectivity index (χ0) is 22.4. The molecular weight excluding hydrogens is 416 g/mol. The predicted molar refractivity (Wildman–Crippen MR) is 123 cm³/mol. The number of urea groups is 1. The molecule has 0 aliphatic rings. The number of nitrogens with zero attached hydrogens (tertiary/aromatic N) is 2. The second-order valence-corrected chi connectivity index (χ2v) is 7.40. The lowest BCUT2D eigenvalue weighted by Crippen LogP contribution is -2.39. The minimum absolute atomic E-state index is 0.279. The highest BCUT2D eigenvalue weighted by molar-refractivity contribution is 6.30. The fourth-order valence-corrected chi connectivity index (χ4v) is 3.40. The zero-order valence-electron chi connectivity index (χ0n) is 17.6. The van der Waals surface area contributed by atoms with Crippen LogP contribution in [0.2, 0.25) is 5.02 Å². The van der Waals surface area contributed by atoms with Crippen LogP contribution in [0.3, 0.4) is 0 Å². The molecule has 3 aromatic rings. The summed E-state index contributed by atoms with van der Waals surface area (Å²) >= 11 is 5.93. The lowest BCUT2D eigenvalue weighted by molar-refractivity contribution is 0.248. The maximum Gasteiger partial charge on any atom is 0.327 e. The van der Waals surface area contributed by atoms with Gasteiger partial charge >= 0.3 is 6.03 Å². The van der Waals surface area contributed by atoms with Gasteiger partial charge in [-0.3, -0.25) is 10.7 Å². The highest BCUT2D eigenvalue weighted by Crippen LogP contribution is 2.36. The van der Waals surface area contributed by atoms with Gasteiger partial charge in [0.15, 0.2) is 5.82 Å². The number of aromatic nitrogens is 1. The molecule has 2 amide bonds. The van der Waals surface area contributed by atoms with E-state index in [1.807, 2.05) is 38.1 Å². The molecule has 0 unspecified atom stereocenters. The van der Waals surface area contributed by atoms with Crippen molar-refractivity contribution in [2.45, 2.75) is 20.3 Å². The monoisotopic (exact) mass is 440 g/mol. The minimum atomic E-state index is -0.364. The Kier molecular flexibility index (Phi) is 7.33. The van der Waals surface area contributed by atoms with Crippen molar-refractivity contribution in [3.05, 3.63) is 76.4 Å². The maximum atomic E-state index is 13.3. The lowest BCUT2D eigenvalue weighted by atomic mass is 10.1. The number of methoxy groups -OCH3 is 1. The molecule has 1 aromatic heterocycles. The summed E-state index contributed by atoms with van der Waals surface area (Å²) in [7, 11) is 1.61. The first-order valence-electron chi connectivity index (χ1n) is 9.78. The molecule has 7 nitrogen and oxygen atoms in total. The fourth-order valence-electron chi connectivity index (χ4n) is 3.27. The molecule has 3 N–H and O–H groups in total. The fraction of sp³-hybridized carbons (Fsp3) is 0.217. The molecule has 0 bridgehead atoms. The quantitative estimate of drug-likeness (QED) is 0.437. The van der Waals surface area contributed by atoms with Crippen molar-refractivity contribution < 1.29 is 14.7 Å². The number of amides is 2. The maximum absolute atomic E-state index is 13.3. The molecule has 0 saturated heterocycles. The van der Waals surface area contributed by atoms with Crippen LogP contribution < -0.4 is 20.4 Å². The highest BCUT2D eigenvalue weighted by atomic mass is 35.5. The first kappa shape index (κ1) is 22.4. The second-order valence-electron chi connectivity index (χ2n) is 6.97. The van der Waals surface area contributed by atoms with Gasteiger partial charge < -0.3 is 10.1 Å². The standard InChI is InChI=1S/C23H25ClN4O3/c1-15-16(2)21(31-3)11-10-20(15)28(22-19(27-30)5-4-13-25-22)23(29)26-14-12-17-6-8-18(24)9-7-17/h4-11,13,27,30H,12,14H2,1-3H3,(H,26,29). The molecule has 0 aliphatic carbocycles. The summed E-state index contributed by atoms with van der Waals surface area (Å²) in [6, 6.07) is 14.1. The first-order valence-corrected chi connectivity index (χ1v) is 10.2. The van der Waals surface area contributed by atoms with Gasteiger partial charge in [-0.15, -0.1) is 0 Å². The Hall–Kier alpha value is -3.29. The summed E-state index contributed by atoms with van der Waals surface area (Å²) in [5, 5.41) is 13.2. The van der Waals surface area contributed by atoms with E-state index in [9.17, 15) is 10.0 Å². The number of carbonyl (C=O) groups is 1. The molecule has 31 heavy (non-hydrogen) atoms. The van der Waals surface area contributed by atoms with Gasteiger partial charge in [-0.25, -0.2) is 14.7 Å². The highest BCUT2D eigenvalue weighted by Gasteiger charge is 2.25. The molecule has 1 heterocycles. The molecule has 3 rings (SSSR count). The molecule has 162 valence electrons. The van der Waals surface area contributed by atoms with Gasteiger partial charge in [0, 0.05) is 17.8 Å². The molecule has 0 fully saturated rings. The van der Waals surface area contributed by atoms with Gasteiger partial charge in [0.25, 0.3) is 0 Å². The number of hydrogen-bond acceptors (Lipinski definition) is 5. The summed E-state index contributed by atoms with van der Waals surface area (Å²) in [4.78, 5) is 19.1. The van der Waals surface area contributed by atoms with Crippen molar-refractivity contribution >= 4 is 34.8 Å². The number of benzene rings is 2. The third kappa shape index (κ3) is 5.07. The molecule has 0 saturated carbocycles. The minimum Gasteiger partial charge on any atom is -0.496 e. The number of pyridine rings is 1. The van der Waals surface area contributed by atoms with E-state index in [1.54, 1.807) is 37.6 Å². The van der Waals surface area contributed by atoms with E-state index in [0.717, 1.165) is 22.4 Å². The van der Waals surface area contributed by atoms with E-state index in [0.29, 0.717) is 29.4 Å². The molecule has 0 radical (unpaired) electrons. The van der Waals surface area contributed by atoms with Gasteiger partial charge in [0.1, 0.15) is 11.4 Å². The van der Waals surface area contributed by atoms with Crippen LogP contribution in [0.15, 0.2) is 54.7 Å². The normalized spacial score (nSPS) is 10.5. The average molecular weight is 441 g/mol. The Morgan fingerprint density at radius 2 is 1.87 bits per heavy atom. The summed E-state index contributed by atoms with van der Waals surface area (Å²) < 4.78 is 5.40. The van der Waals surface area contributed by atoms with Crippen LogP contribution in [-0.2, 0) is 6.42 Å². The average Bonchev–Trinajstić information content (AvgIpc) is 2.78. The van der Waals surface area contributed by atoms with E-state index >= 15 is 0 Å². The van der Waals surface area contributed by atoms with Crippen LogP contribution in [0.4, 0.5) is 22.0 Å². The number of anilines is 3. The van der Waals surface area contributed by atoms with E-state index in [2.05, 4.69) is 15.8 Å². The Morgan fingerprint density at radius 3 is 2.55 bits per heavy atom. The number of hydrogen-bond donors (Lipinski definition) is 3. The van der Waals surface area contributed by atoms with Crippen LogP contribution in [0.1, 0.15) is 16.7 Å². The molecule has 0 spiro atoms. The van der Waals surface area contributed by atoms with E-state index in [4.69, 9.17) is 16.3 Å². The van der Waals surface area contributed by atoms with E-state index < -0.39 is 0 Å². The second kappa shape index (κ2) is 10.1. The number of carbonyl (C=O) groups excluding carboxylic acids is 1. The third-order valence-corrected chi connectivity index (χ3v) is 5.35. The van der Waals surface area contributed by atoms with Gasteiger partial charge in [-0.2, -0.15) is 0 Å². The van der Waals surface area contributed by atoms with Crippen molar-refractivity contribution in [1.82, 2.24) is 10.3 Å². The van der Waals surface area contributed by atoms with E-state index in [1.165, 1.54) is 4.90 Å². The Balaban J connectivity index is 1.91. The first-order chi connectivity index (χ1) is 15.0. The van der Waals surface area contributed by atoms with Crippen molar-refractivity contribution in [3.63, 3.8) is 0 Å². The zero-order valence-corrected chi connectivity index (χ0v) is 18.4. The molecule has 0 aliphatic heterocycles. The van der Waals surface area contributed by atoms with Gasteiger partial charge in [0.2, 0.25) is 0 Å².